The van der Waals surface area contributed by atoms with Crippen molar-refractivity contribution in [2.75, 3.05) is 11.9 Å². The number of hydrogen-bond acceptors (Lipinski definition) is 5. The van der Waals surface area contributed by atoms with Gasteiger partial charge in [-0.3, -0.25) is 0 Å². The molecule has 9 heteroatoms. The van der Waals surface area contributed by atoms with Gasteiger partial charge in [-0.2, -0.15) is 5.10 Å². The molecule has 2 aromatic carbocycles. The number of carbonyl (C=O) groups is 1. The van der Waals surface area contributed by atoms with E-state index in [4.69, 9.17) is 11.6 Å². The quantitative estimate of drug-likeness (QED) is 0.487. The number of aromatic nitrogens is 2. The monoisotopic (exact) mass is 424 g/mol. The molecule has 0 fully saturated rings. The van der Waals surface area contributed by atoms with Crippen molar-refractivity contribution in [1.82, 2.24) is 20.3 Å². The molecule has 0 saturated carbocycles. The zero-order valence-corrected chi connectivity index (χ0v) is 16.6. The third-order valence-electron chi connectivity index (χ3n) is 4.65. The molecule has 2 N–H and O–H groups in total. The Labute approximate surface area is 177 Å². The fraction of sp³-hybridized carbons (Fsp3) is 0.143. The Morgan fingerprint density at radius 3 is 2.83 bits per heavy atom. The first kappa shape index (κ1) is 19.8. The number of hydrazone groups is 1. The minimum absolute atomic E-state index is 0.0141. The molecule has 0 aliphatic carbocycles. The van der Waals surface area contributed by atoms with Crippen LogP contribution in [0.5, 0.6) is 0 Å². The van der Waals surface area contributed by atoms with Gasteiger partial charge in [-0.1, -0.05) is 41.9 Å². The van der Waals surface area contributed by atoms with Gasteiger partial charge in [-0.05, 0) is 23.8 Å². The lowest BCUT2D eigenvalue weighted by Crippen LogP contribution is -2.41. The molecule has 152 valence electrons. The Morgan fingerprint density at radius 1 is 1.20 bits per heavy atom. The van der Waals surface area contributed by atoms with Crippen LogP contribution in [0.4, 0.5) is 20.7 Å². The lowest BCUT2D eigenvalue weighted by atomic mass is 10.1. The highest BCUT2D eigenvalue weighted by Crippen LogP contribution is 2.27. The van der Waals surface area contributed by atoms with E-state index in [9.17, 15) is 9.18 Å². The Hall–Kier alpha value is -3.52. The van der Waals surface area contributed by atoms with Crippen LogP contribution in [0.15, 0.2) is 60.0 Å². The van der Waals surface area contributed by atoms with Gasteiger partial charge in [0.25, 0.3) is 0 Å². The normalized spacial score (nSPS) is 13.2. The molecule has 1 aliphatic rings. The zero-order valence-electron chi connectivity index (χ0n) is 15.8. The molecule has 2 heterocycles. The summed E-state index contributed by atoms with van der Waals surface area (Å²) >= 11 is 5.86. The highest BCUT2D eigenvalue weighted by Gasteiger charge is 2.24. The molecule has 3 aromatic rings. The molecule has 7 nitrogen and oxygen atoms in total. The lowest BCUT2D eigenvalue weighted by molar-refractivity contribution is 0.192. The topological polar surface area (TPSA) is 82.5 Å². The van der Waals surface area contributed by atoms with E-state index in [-0.39, 0.29) is 11.1 Å². The molecule has 1 aromatic heterocycles. The largest absolute Gasteiger partial charge is 0.340 e. The Morgan fingerprint density at radius 2 is 2.03 bits per heavy atom. The fourth-order valence-electron chi connectivity index (χ4n) is 3.10. The minimum Gasteiger partial charge on any atom is -0.340 e. The van der Waals surface area contributed by atoms with Crippen molar-refractivity contribution < 1.29 is 9.18 Å². The number of nitrogens with one attached hydrogen (secondary N) is 2. The van der Waals surface area contributed by atoms with Crippen molar-refractivity contribution >= 4 is 35.4 Å². The van der Waals surface area contributed by atoms with Gasteiger partial charge in [0.1, 0.15) is 18.0 Å². The number of hydrogen-bond donors (Lipinski definition) is 2. The maximum atomic E-state index is 13.4. The third-order valence-corrected chi connectivity index (χ3v) is 4.93. The highest BCUT2D eigenvalue weighted by molar-refractivity contribution is 6.31. The summed E-state index contributed by atoms with van der Waals surface area (Å²) in [6, 6.07) is 13.5. The van der Waals surface area contributed by atoms with Crippen molar-refractivity contribution in [3.05, 3.63) is 82.5 Å². The average Bonchev–Trinajstić information content (AvgIpc) is 2.77. The van der Waals surface area contributed by atoms with Crippen molar-refractivity contribution in [2.24, 2.45) is 5.10 Å². The van der Waals surface area contributed by atoms with E-state index < -0.39 is 5.82 Å². The summed E-state index contributed by atoms with van der Waals surface area (Å²) < 4.78 is 13.4. The second kappa shape index (κ2) is 8.87. The average molecular weight is 425 g/mol. The molecule has 0 radical (unpaired) electrons. The number of benzene rings is 2. The van der Waals surface area contributed by atoms with Crippen LogP contribution in [-0.4, -0.2) is 33.7 Å². The van der Waals surface area contributed by atoms with E-state index in [0.717, 1.165) is 16.8 Å². The summed E-state index contributed by atoms with van der Waals surface area (Å²) in [4.78, 5) is 22.8. The Balaban J connectivity index is 1.46. The zero-order chi connectivity index (χ0) is 20.9. The van der Waals surface area contributed by atoms with Crippen LogP contribution < -0.4 is 10.7 Å². The van der Waals surface area contributed by atoms with Gasteiger partial charge in [0.15, 0.2) is 0 Å². The molecule has 1 aliphatic heterocycles. The van der Waals surface area contributed by atoms with Gasteiger partial charge in [-0.25, -0.2) is 24.6 Å². The van der Waals surface area contributed by atoms with Crippen LogP contribution in [0.2, 0.25) is 5.02 Å². The molecule has 0 unspecified atom stereocenters. The number of rotatable bonds is 4. The molecule has 0 bridgehead atoms. The summed E-state index contributed by atoms with van der Waals surface area (Å²) in [5, 5.41) is 7.17. The van der Waals surface area contributed by atoms with Gasteiger partial charge >= 0.3 is 6.03 Å². The van der Waals surface area contributed by atoms with Crippen LogP contribution >= 0.6 is 11.6 Å². The molecule has 0 spiro atoms. The lowest BCUT2D eigenvalue weighted by Gasteiger charge is -2.28. The summed E-state index contributed by atoms with van der Waals surface area (Å²) in [5.74, 6) is 0.0544. The van der Waals surface area contributed by atoms with Crippen LogP contribution in [-0.2, 0) is 13.0 Å². The third kappa shape index (κ3) is 4.55. The second-order valence-corrected chi connectivity index (χ2v) is 7.07. The summed E-state index contributed by atoms with van der Waals surface area (Å²) in [6.07, 6.45) is 3.64. The first-order chi connectivity index (χ1) is 14.6. The first-order valence-electron chi connectivity index (χ1n) is 9.28. The van der Waals surface area contributed by atoms with Crippen LogP contribution in [0.25, 0.3) is 0 Å². The molecule has 4 rings (SSSR count). The van der Waals surface area contributed by atoms with Gasteiger partial charge in [0, 0.05) is 24.2 Å². The molecular weight excluding hydrogens is 407 g/mol. The van der Waals surface area contributed by atoms with Crippen LogP contribution in [0, 0.1) is 5.82 Å². The Bertz CT molecular complexity index is 1090. The molecule has 0 atom stereocenters. The van der Waals surface area contributed by atoms with Crippen LogP contribution in [0.3, 0.4) is 0 Å². The number of nitrogens with zero attached hydrogens (tertiary/aromatic N) is 4. The maximum absolute atomic E-state index is 13.4. The summed E-state index contributed by atoms with van der Waals surface area (Å²) in [5.41, 5.74) is 5.69. The SMILES string of the molecule is O=C(N/N=C/c1ccccc1)N1CCc2ncnc(Nc3ccc(F)c(Cl)c3)c2C1. The van der Waals surface area contributed by atoms with Gasteiger partial charge in [0.2, 0.25) is 0 Å². The van der Waals surface area contributed by atoms with E-state index >= 15 is 0 Å². The Kier molecular flexibility index (Phi) is 5.85. The maximum Gasteiger partial charge on any atom is 0.338 e. The van der Waals surface area contributed by atoms with Gasteiger partial charge in [-0.15, -0.1) is 0 Å². The number of carbonyl (C=O) groups excluding carboxylic acids is 1. The number of fused-ring (bicyclic) bond motifs is 1. The summed E-state index contributed by atoms with van der Waals surface area (Å²) in [6.45, 7) is 0.832. The standard InChI is InChI=1S/C21H18ClFN6O/c22-17-10-15(6-7-18(17)23)27-20-16-12-29(9-8-19(16)24-13-25-20)21(30)28-26-11-14-4-2-1-3-5-14/h1-7,10-11,13H,8-9,12H2,(H,28,30)(H,24,25,27)/b26-11+. The van der Waals surface area contributed by atoms with Crippen molar-refractivity contribution in [3.8, 4) is 0 Å². The van der Waals surface area contributed by atoms with Crippen molar-refractivity contribution in [2.45, 2.75) is 13.0 Å². The highest BCUT2D eigenvalue weighted by atomic mass is 35.5. The van der Waals surface area contributed by atoms with E-state index in [1.807, 2.05) is 30.3 Å². The second-order valence-electron chi connectivity index (χ2n) is 6.66. The van der Waals surface area contributed by atoms with Crippen LogP contribution in [0.1, 0.15) is 16.8 Å². The predicted octanol–water partition coefficient (Wildman–Crippen LogP) is 4.11. The number of anilines is 2. The number of urea groups is 1. The van der Waals surface area contributed by atoms with Crippen molar-refractivity contribution in [3.63, 3.8) is 0 Å². The molecule has 2 amide bonds. The van der Waals surface area contributed by atoms with Gasteiger partial charge < -0.3 is 10.2 Å². The number of amides is 2. The predicted molar refractivity (Wildman–Crippen MR) is 113 cm³/mol. The molecule has 0 saturated heterocycles. The van der Waals surface area contributed by atoms with Gasteiger partial charge in [0.05, 0.1) is 23.5 Å². The molecular formula is C21H18ClFN6O. The number of halogens is 2. The minimum atomic E-state index is -0.495. The van der Waals surface area contributed by atoms with E-state index in [2.05, 4.69) is 25.8 Å². The fourth-order valence-corrected chi connectivity index (χ4v) is 3.29. The van der Waals surface area contributed by atoms with E-state index in [0.29, 0.717) is 31.0 Å². The van der Waals surface area contributed by atoms with E-state index in [1.165, 1.54) is 18.5 Å². The smallest absolute Gasteiger partial charge is 0.338 e. The van der Waals surface area contributed by atoms with E-state index in [1.54, 1.807) is 17.2 Å². The summed E-state index contributed by atoms with van der Waals surface area (Å²) in [7, 11) is 0. The first-order valence-corrected chi connectivity index (χ1v) is 9.66. The van der Waals surface area contributed by atoms with Crippen molar-refractivity contribution in [1.29, 1.82) is 0 Å². The molecule has 30 heavy (non-hydrogen) atoms.